The summed E-state index contributed by atoms with van der Waals surface area (Å²) in [5, 5.41) is 12.9. The number of hydrogen-bond donors (Lipinski definition) is 0. The van der Waals surface area contributed by atoms with Gasteiger partial charge in [0.2, 0.25) is 0 Å². The van der Waals surface area contributed by atoms with Gasteiger partial charge in [0.25, 0.3) is 5.69 Å². The Labute approximate surface area is 101 Å². The van der Waals surface area contributed by atoms with E-state index in [1.165, 1.54) is 4.70 Å². The van der Waals surface area contributed by atoms with Crippen LogP contribution in [-0.4, -0.2) is 4.92 Å². The summed E-state index contributed by atoms with van der Waals surface area (Å²) in [6.07, 6.45) is 0. The number of nitrogens with zero attached hydrogens (tertiary/aromatic N) is 1. The molecule has 3 rings (SSSR count). The summed E-state index contributed by atoms with van der Waals surface area (Å²) < 4.78 is 2.31. The number of rotatable bonds is 1. The number of fused-ring (bicyclic) bond motifs is 3. The van der Waals surface area contributed by atoms with E-state index in [1.807, 2.05) is 31.2 Å². The monoisotopic (exact) mass is 243 g/mol. The summed E-state index contributed by atoms with van der Waals surface area (Å²) in [4.78, 5) is 10.5. The largest absolute Gasteiger partial charge is 0.270 e. The smallest absolute Gasteiger partial charge is 0.258 e. The van der Waals surface area contributed by atoms with Crippen LogP contribution in [0.1, 0.15) is 5.56 Å². The van der Waals surface area contributed by atoms with Crippen LogP contribution in [0.5, 0.6) is 0 Å². The van der Waals surface area contributed by atoms with Crippen LogP contribution in [0.2, 0.25) is 0 Å². The summed E-state index contributed by atoms with van der Waals surface area (Å²) >= 11 is 1.69. The molecule has 0 atom stereocenters. The maximum absolute atomic E-state index is 10.9. The van der Waals surface area contributed by atoms with Crippen molar-refractivity contribution in [3.63, 3.8) is 0 Å². The summed E-state index contributed by atoms with van der Waals surface area (Å²) in [6.45, 7) is 1.92. The van der Waals surface area contributed by atoms with Gasteiger partial charge in [0, 0.05) is 32.3 Å². The van der Waals surface area contributed by atoms with Crippen LogP contribution in [0.3, 0.4) is 0 Å². The topological polar surface area (TPSA) is 43.1 Å². The number of nitro groups is 1. The normalized spacial score (nSPS) is 11.1. The van der Waals surface area contributed by atoms with E-state index in [2.05, 4.69) is 0 Å². The van der Waals surface area contributed by atoms with Gasteiger partial charge >= 0.3 is 0 Å². The molecule has 0 amide bonds. The van der Waals surface area contributed by atoms with E-state index in [1.54, 1.807) is 23.5 Å². The molecule has 2 aromatic carbocycles. The van der Waals surface area contributed by atoms with E-state index >= 15 is 0 Å². The second kappa shape index (κ2) is 3.53. The molecule has 4 heteroatoms. The van der Waals surface area contributed by atoms with Crippen LogP contribution in [0.25, 0.3) is 20.2 Å². The first-order valence-corrected chi connectivity index (χ1v) is 6.05. The van der Waals surface area contributed by atoms with Gasteiger partial charge in [0.15, 0.2) is 0 Å². The highest BCUT2D eigenvalue weighted by atomic mass is 32.1. The Balaban J connectivity index is 2.50. The highest BCUT2D eigenvalue weighted by Gasteiger charge is 2.13. The van der Waals surface area contributed by atoms with E-state index in [4.69, 9.17) is 0 Å². The highest BCUT2D eigenvalue weighted by Crippen LogP contribution is 2.37. The van der Waals surface area contributed by atoms with Crippen molar-refractivity contribution in [2.45, 2.75) is 6.92 Å². The lowest BCUT2D eigenvalue weighted by Crippen LogP contribution is -1.88. The molecule has 84 valence electrons. The van der Waals surface area contributed by atoms with Gasteiger partial charge in [-0.05, 0) is 18.6 Å². The maximum Gasteiger partial charge on any atom is 0.270 e. The van der Waals surface area contributed by atoms with Crippen LogP contribution in [0.15, 0.2) is 36.4 Å². The van der Waals surface area contributed by atoms with E-state index < -0.39 is 0 Å². The number of thiophene rings is 1. The molecular weight excluding hydrogens is 234 g/mol. The molecule has 1 aromatic heterocycles. The summed E-state index contributed by atoms with van der Waals surface area (Å²) in [7, 11) is 0. The molecule has 0 radical (unpaired) electrons. The summed E-state index contributed by atoms with van der Waals surface area (Å²) in [5.41, 5.74) is 1.13. The Morgan fingerprint density at radius 1 is 1.18 bits per heavy atom. The molecule has 0 fully saturated rings. The van der Waals surface area contributed by atoms with E-state index in [0.717, 1.165) is 21.0 Å². The molecule has 0 spiro atoms. The molecule has 0 N–H and O–H groups in total. The number of aryl methyl sites for hydroxylation is 1. The van der Waals surface area contributed by atoms with Gasteiger partial charge in [-0.25, -0.2) is 0 Å². The highest BCUT2D eigenvalue weighted by molar-refractivity contribution is 7.26. The van der Waals surface area contributed by atoms with Crippen LogP contribution in [0, 0.1) is 17.0 Å². The third-order valence-corrected chi connectivity index (χ3v) is 4.18. The minimum atomic E-state index is -0.334. The van der Waals surface area contributed by atoms with Crippen molar-refractivity contribution >= 4 is 37.2 Å². The fourth-order valence-electron chi connectivity index (χ4n) is 2.08. The number of benzene rings is 2. The predicted molar refractivity (Wildman–Crippen MR) is 70.7 cm³/mol. The van der Waals surface area contributed by atoms with Gasteiger partial charge in [-0.1, -0.05) is 18.2 Å². The first-order chi connectivity index (χ1) is 8.16. The van der Waals surface area contributed by atoms with Gasteiger partial charge < -0.3 is 0 Å². The van der Waals surface area contributed by atoms with Crippen LogP contribution < -0.4 is 0 Å². The van der Waals surface area contributed by atoms with E-state index in [0.29, 0.717) is 0 Å². The zero-order valence-corrected chi connectivity index (χ0v) is 9.95. The fraction of sp³-hybridized carbons (Fsp3) is 0.0769. The molecule has 17 heavy (non-hydrogen) atoms. The molecule has 0 unspecified atom stereocenters. The maximum atomic E-state index is 10.9. The molecule has 0 aliphatic rings. The Morgan fingerprint density at radius 3 is 2.71 bits per heavy atom. The van der Waals surface area contributed by atoms with Crippen molar-refractivity contribution in [3.8, 4) is 0 Å². The zero-order chi connectivity index (χ0) is 12.0. The number of non-ortho nitro benzene ring substituents is 1. The third-order valence-electron chi connectivity index (χ3n) is 2.86. The second-order valence-corrected chi connectivity index (χ2v) is 5.05. The van der Waals surface area contributed by atoms with E-state index in [9.17, 15) is 10.1 Å². The Morgan fingerprint density at radius 2 is 1.94 bits per heavy atom. The molecular formula is C13H9NO2S. The van der Waals surface area contributed by atoms with Gasteiger partial charge in [0.05, 0.1) is 4.92 Å². The Kier molecular flexibility index (Phi) is 2.12. The van der Waals surface area contributed by atoms with Crippen molar-refractivity contribution in [2.24, 2.45) is 0 Å². The lowest BCUT2D eigenvalue weighted by molar-refractivity contribution is -0.384. The first-order valence-electron chi connectivity index (χ1n) is 5.23. The lowest BCUT2D eigenvalue weighted by atomic mass is 10.1. The zero-order valence-electron chi connectivity index (χ0n) is 9.14. The minimum absolute atomic E-state index is 0.165. The van der Waals surface area contributed by atoms with Crippen LogP contribution in [0.4, 0.5) is 5.69 Å². The molecule has 0 aliphatic carbocycles. The van der Waals surface area contributed by atoms with Gasteiger partial charge in [0.1, 0.15) is 0 Å². The standard InChI is InChI=1S/C13H9NO2S/c1-8-6-9(14(15)16)7-11-10-4-2-3-5-12(10)17-13(8)11/h2-7H,1H3. The van der Waals surface area contributed by atoms with Crippen molar-refractivity contribution in [3.05, 3.63) is 52.1 Å². The van der Waals surface area contributed by atoms with E-state index in [-0.39, 0.29) is 10.6 Å². The quantitative estimate of drug-likeness (QED) is 0.473. The Bertz CT molecular complexity index is 746. The molecule has 1 heterocycles. The molecule has 0 saturated heterocycles. The Hall–Kier alpha value is -1.94. The molecule has 0 aliphatic heterocycles. The third kappa shape index (κ3) is 1.49. The average molecular weight is 243 g/mol. The van der Waals surface area contributed by atoms with Crippen LogP contribution >= 0.6 is 11.3 Å². The first kappa shape index (κ1) is 10.2. The summed E-state index contributed by atoms with van der Waals surface area (Å²) in [6, 6.07) is 11.3. The fourth-order valence-corrected chi connectivity index (χ4v) is 3.24. The summed E-state index contributed by atoms with van der Waals surface area (Å²) in [5.74, 6) is 0. The van der Waals surface area contributed by atoms with Gasteiger partial charge in [-0.2, -0.15) is 0 Å². The van der Waals surface area contributed by atoms with Crippen molar-refractivity contribution in [2.75, 3.05) is 0 Å². The van der Waals surface area contributed by atoms with Crippen LogP contribution in [-0.2, 0) is 0 Å². The van der Waals surface area contributed by atoms with Gasteiger partial charge in [-0.15, -0.1) is 11.3 Å². The number of hydrogen-bond acceptors (Lipinski definition) is 3. The minimum Gasteiger partial charge on any atom is -0.258 e. The molecule has 0 saturated carbocycles. The average Bonchev–Trinajstić information content (AvgIpc) is 2.68. The molecule has 3 nitrogen and oxygen atoms in total. The van der Waals surface area contributed by atoms with Crippen molar-refractivity contribution in [1.29, 1.82) is 0 Å². The molecule has 0 bridgehead atoms. The predicted octanol–water partition coefficient (Wildman–Crippen LogP) is 4.27. The SMILES string of the molecule is Cc1cc([N+](=O)[O-])cc2c1sc1ccccc12. The second-order valence-electron chi connectivity index (χ2n) is 3.99. The van der Waals surface area contributed by atoms with Gasteiger partial charge in [-0.3, -0.25) is 10.1 Å². The van der Waals surface area contributed by atoms with Crippen molar-refractivity contribution in [1.82, 2.24) is 0 Å². The number of nitro benzene ring substituents is 1. The van der Waals surface area contributed by atoms with Crippen molar-refractivity contribution < 1.29 is 4.92 Å². The lowest BCUT2D eigenvalue weighted by Gasteiger charge is -1.97. The molecule has 3 aromatic rings.